The van der Waals surface area contributed by atoms with E-state index < -0.39 is 0 Å². The zero-order valence-electron chi connectivity index (χ0n) is 8.30. The molecule has 3 nitrogen and oxygen atoms in total. The molecule has 0 aromatic heterocycles. The Hall–Kier alpha value is -1.01. The highest BCUT2D eigenvalue weighted by Crippen LogP contribution is 1.88. The third kappa shape index (κ3) is 8.90. The van der Waals surface area contributed by atoms with E-state index in [-0.39, 0.29) is 18.6 Å². The molecule has 3 heteroatoms. The van der Waals surface area contributed by atoms with Gasteiger partial charge in [-0.15, -0.1) is 12.3 Å². The van der Waals surface area contributed by atoms with Gasteiger partial charge in [0, 0.05) is 6.42 Å². The summed E-state index contributed by atoms with van der Waals surface area (Å²) in [6, 6.07) is 0. The smallest absolute Gasteiger partial charge is 0.320 e. The van der Waals surface area contributed by atoms with Crippen molar-refractivity contribution in [1.29, 1.82) is 0 Å². The fraction of sp³-hybridized carbons (Fsp3) is 0.700. The minimum atomic E-state index is -0.212. The summed E-state index contributed by atoms with van der Waals surface area (Å²) < 4.78 is 4.91. The minimum absolute atomic E-state index is 0.0417. The molecule has 0 rings (SSSR count). The van der Waals surface area contributed by atoms with E-state index in [1.165, 1.54) is 0 Å². The summed E-state index contributed by atoms with van der Waals surface area (Å²) in [6.45, 7) is 4.69. The zero-order chi connectivity index (χ0) is 10.1. The monoisotopic (exact) mass is 183 g/mol. The van der Waals surface area contributed by atoms with Crippen LogP contribution in [0.5, 0.6) is 0 Å². The van der Waals surface area contributed by atoms with Crippen LogP contribution in [-0.2, 0) is 9.53 Å². The van der Waals surface area contributed by atoms with Crippen LogP contribution in [0.2, 0.25) is 0 Å². The van der Waals surface area contributed by atoms with Gasteiger partial charge in [-0.1, -0.05) is 0 Å². The van der Waals surface area contributed by atoms with Gasteiger partial charge < -0.3 is 10.1 Å². The van der Waals surface area contributed by atoms with E-state index in [1.54, 1.807) is 0 Å². The molecule has 0 saturated carbocycles. The van der Waals surface area contributed by atoms with Gasteiger partial charge >= 0.3 is 5.97 Å². The van der Waals surface area contributed by atoms with Gasteiger partial charge in [0.05, 0.1) is 12.6 Å². The summed E-state index contributed by atoms with van der Waals surface area (Å²) in [5, 5.41) is 2.96. The molecule has 0 aromatic rings. The Morgan fingerprint density at radius 1 is 1.62 bits per heavy atom. The van der Waals surface area contributed by atoms with Crippen LogP contribution in [0.4, 0.5) is 0 Å². The highest BCUT2D eigenvalue weighted by atomic mass is 16.5. The average molecular weight is 183 g/mol. The molecule has 0 bridgehead atoms. The lowest BCUT2D eigenvalue weighted by molar-refractivity contribution is -0.146. The van der Waals surface area contributed by atoms with Gasteiger partial charge in [-0.2, -0.15) is 0 Å². The van der Waals surface area contributed by atoms with Crippen molar-refractivity contribution in [3.63, 3.8) is 0 Å². The Labute approximate surface area is 79.8 Å². The van der Waals surface area contributed by atoms with Gasteiger partial charge in [0.25, 0.3) is 0 Å². The Kier molecular flexibility index (Phi) is 7.04. The van der Waals surface area contributed by atoms with E-state index in [0.29, 0.717) is 0 Å². The summed E-state index contributed by atoms with van der Waals surface area (Å²) in [7, 11) is 0. The van der Waals surface area contributed by atoms with Gasteiger partial charge in [0.15, 0.2) is 0 Å². The third-order valence-corrected chi connectivity index (χ3v) is 1.31. The van der Waals surface area contributed by atoms with Gasteiger partial charge in [-0.05, 0) is 26.8 Å². The minimum Gasteiger partial charge on any atom is -0.462 e. The molecule has 0 aliphatic rings. The number of terminal acetylenes is 1. The lowest BCUT2D eigenvalue weighted by Crippen LogP contribution is -2.27. The van der Waals surface area contributed by atoms with E-state index in [0.717, 1.165) is 19.4 Å². The van der Waals surface area contributed by atoms with Crippen LogP contribution in [0, 0.1) is 12.3 Å². The molecule has 0 unspecified atom stereocenters. The standard InChI is InChI=1S/C10H17NO2/c1-4-5-6-7-11-8-10(12)13-9(2)3/h1,9,11H,5-8H2,2-3H3. The number of hydrogen-bond donors (Lipinski definition) is 1. The lowest BCUT2D eigenvalue weighted by Gasteiger charge is -2.07. The topological polar surface area (TPSA) is 38.3 Å². The highest BCUT2D eigenvalue weighted by Gasteiger charge is 2.03. The maximum Gasteiger partial charge on any atom is 0.320 e. The zero-order valence-corrected chi connectivity index (χ0v) is 8.30. The van der Waals surface area contributed by atoms with Crippen LogP contribution in [0.25, 0.3) is 0 Å². The second-order valence-electron chi connectivity index (χ2n) is 3.02. The number of esters is 1. The fourth-order valence-electron chi connectivity index (χ4n) is 0.810. The molecular weight excluding hydrogens is 166 g/mol. The number of unbranched alkanes of at least 4 members (excludes halogenated alkanes) is 1. The first-order valence-corrected chi connectivity index (χ1v) is 4.50. The molecule has 0 fully saturated rings. The van der Waals surface area contributed by atoms with Crippen molar-refractivity contribution in [2.45, 2.75) is 32.8 Å². The van der Waals surface area contributed by atoms with Gasteiger partial charge in [0.2, 0.25) is 0 Å². The molecule has 0 spiro atoms. The largest absolute Gasteiger partial charge is 0.462 e. The van der Waals surface area contributed by atoms with Crippen LogP contribution < -0.4 is 5.32 Å². The Morgan fingerprint density at radius 2 is 2.31 bits per heavy atom. The molecule has 0 atom stereocenters. The first-order chi connectivity index (χ1) is 6.16. The van der Waals surface area contributed by atoms with Crippen LogP contribution in [0.1, 0.15) is 26.7 Å². The number of hydrogen-bond acceptors (Lipinski definition) is 3. The Morgan fingerprint density at radius 3 is 2.85 bits per heavy atom. The van der Waals surface area contributed by atoms with Crippen molar-refractivity contribution in [3.8, 4) is 12.3 Å². The van der Waals surface area contributed by atoms with Crippen LogP contribution in [0.15, 0.2) is 0 Å². The maximum atomic E-state index is 11.0. The van der Waals surface area contributed by atoms with E-state index in [4.69, 9.17) is 11.2 Å². The molecule has 0 aliphatic carbocycles. The molecule has 0 aromatic carbocycles. The Bertz CT molecular complexity index is 182. The second-order valence-corrected chi connectivity index (χ2v) is 3.02. The quantitative estimate of drug-likeness (QED) is 0.378. The van der Waals surface area contributed by atoms with E-state index in [2.05, 4.69) is 11.2 Å². The molecule has 13 heavy (non-hydrogen) atoms. The maximum absolute atomic E-state index is 11.0. The normalized spacial score (nSPS) is 9.69. The third-order valence-electron chi connectivity index (χ3n) is 1.31. The summed E-state index contributed by atoms with van der Waals surface area (Å²) in [5.41, 5.74) is 0. The fourth-order valence-corrected chi connectivity index (χ4v) is 0.810. The van der Waals surface area contributed by atoms with Crippen molar-refractivity contribution in [2.75, 3.05) is 13.1 Å². The summed E-state index contributed by atoms with van der Waals surface area (Å²) in [6.07, 6.45) is 6.66. The summed E-state index contributed by atoms with van der Waals surface area (Å²) >= 11 is 0. The molecule has 1 N–H and O–H groups in total. The SMILES string of the molecule is C#CCCCNCC(=O)OC(C)C. The van der Waals surface area contributed by atoms with Gasteiger partial charge in [0.1, 0.15) is 0 Å². The predicted molar refractivity (Wildman–Crippen MR) is 52.2 cm³/mol. The van der Waals surface area contributed by atoms with E-state index in [1.807, 2.05) is 13.8 Å². The number of nitrogens with one attached hydrogen (secondary N) is 1. The molecule has 0 saturated heterocycles. The van der Waals surface area contributed by atoms with Crippen LogP contribution >= 0.6 is 0 Å². The molecule has 0 amide bonds. The van der Waals surface area contributed by atoms with Crippen LogP contribution in [0.3, 0.4) is 0 Å². The summed E-state index contributed by atoms with van der Waals surface area (Å²) in [5.74, 6) is 2.32. The van der Waals surface area contributed by atoms with Gasteiger partial charge in [-0.25, -0.2) is 0 Å². The van der Waals surface area contributed by atoms with E-state index in [9.17, 15) is 4.79 Å². The van der Waals surface area contributed by atoms with Crippen molar-refractivity contribution in [2.24, 2.45) is 0 Å². The molecule has 0 heterocycles. The number of carbonyl (C=O) groups is 1. The number of rotatable bonds is 6. The predicted octanol–water partition coefficient (Wildman–Crippen LogP) is 0.941. The first kappa shape index (κ1) is 12.0. The second kappa shape index (κ2) is 7.63. The molecular formula is C10H17NO2. The van der Waals surface area contributed by atoms with Crippen molar-refractivity contribution in [1.82, 2.24) is 5.32 Å². The van der Waals surface area contributed by atoms with Crippen molar-refractivity contribution >= 4 is 5.97 Å². The molecule has 74 valence electrons. The van der Waals surface area contributed by atoms with Crippen molar-refractivity contribution < 1.29 is 9.53 Å². The van der Waals surface area contributed by atoms with Crippen molar-refractivity contribution in [3.05, 3.63) is 0 Å². The average Bonchev–Trinajstić information content (AvgIpc) is 2.02. The number of carbonyl (C=O) groups excluding carboxylic acids is 1. The number of ether oxygens (including phenoxy) is 1. The molecule has 0 aliphatic heterocycles. The molecule has 0 radical (unpaired) electrons. The van der Waals surface area contributed by atoms with Gasteiger partial charge in [-0.3, -0.25) is 4.79 Å². The lowest BCUT2D eigenvalue weighted by atomic mass is 10.3. The van der Waals surface area contributed by atoms with E-state index >= 15 is 0 Å². The van der Waals surface area contributed by atoms with Crippen LogP contribution in [-0.4, -0.2) is 25.2 Å². The highest BCUT2D eigenvalue weighted by molar-refractivity contribution is 5.71. The summed E-state index contributed by atoms with van der Waals surface area (Å²) in [4.78, 5) is 11.0. The Balaban J connectivity index is 3.23. The first-order valence-electron chi connectivity index (χ1n) is 4.50.